The highest BCUT2D eigenvalue weighted by Gasteiger charge is 2.29. The van der Waals surface area contributed by atoms with E-state index in [9.17, 15) is 34.2 Å². The molecule has 3 amide bonds. The molecule has 0 aromatic heterocycles. The summed E-state index contributed by atoms with van der Waals surface area (Å²) < 4.78 is 0. The predicted molar refractivity (Wildman–Crippen MR) is 136 cm³/mol. The molecule has 204 valence electrons. The molecule has 8 N–H and O–H groups in total. The predicted octanol–water partition coefficient (Wildman–Crippen LogP) is -0.0716. The van der Waals surface area contributed by atoms with Crippen LogP contribution in [0, 0.1) is 0 Å². The van der Waals surface area contributed by atoms with E-state index in [4.69, 9.17) is 10.8 Å². The molecule has 0 saturated carbocycles. The van der Waals surface area contributed by atoms with Crippen molar-refractivity contribution in [1.82, 2.24) is 16.0 Å². The van der Waals surface area contributed by atoms with E-state index in [1.807, 2.05) is 6.07 Å². The van der Waals surface area contributed by atoms with Crippen molar-refractivity contribution in [1.29, 1.82) is 0 Å². The number of nitrogens with two attached hydrogens (primary N) is 1. The first kappa shape index (κ1) is 29.8. The fraction of sp³-hybridized carbons (Fsp3) is 0.346. The zero-order chi connectivity index (χ0) is 28.2. The number of aromatic hydroxyl groups is 1. The Bertz CT molecular complexity index is 1120. The summed E-state index contributed by atoms with van der Waals surface area (Å²) >= 11 is 0. The average molecular weight is 529 g/mol. The van der Waals surface area contributed by atoms with E-state index in [1.165, 1.54) is 31.2 Å². The molecule has 12 heteroatoms. The van der Waals surface area contributed by atoms with Crippen LogP contribution in [-0.4, -0.2) is 69.1 Å². The first-order valence-electron chi connectivity index (χ1n) is 11.9. The van der Waals surface area contributed by atoms with Gasteiger partial charge in [-0.05, 0) is 43.0 Å². The number of carboxylic acid groups (broad SMARTS) is 2. The number of amides is 3. The lowest BCUT2D eigenvalue weighted by atomic mass is 10.0. The average Bonchev–Trinajstić information content (AvgIpc) is 2.87. The van der Waals surface area contributed by atoms with Crippen LogP contribution in [0.4, 0.5) is 0 Å². The highest BCUT2D eigenvalue weighted by Crippen LogP contribution is 2.12. The molecule has 0 saturated heterocycles. The van der Waals surface area contributed by atoms with Gasteiger partial charge >= 0.3 is 11.9 Å². The number of nitrogens with one attached hydrogen (secondary N) is 3. The maximum absolute atomic E-state index is 12.9. The van der Waals surface area contributed by atoms with Crippen LogP contribution < -0.4 is 21.7 Å². The molecule has 2 rings (SSSR count). The van der Waals surface area contributed by atoms with Gasteiger partial charge in [-0.15, -0.1) is 0 Å². The van der Waals surface area contributed by atoms with E-state index in [-0.39, 0.29) is 25.0 Å². The summed E-state index contributed by atoms with van der Waals surface area (Å²) in [5.41, 5.74) is 7.29. The van der Waals surface area contributed by atoms with Gasteiger partial charge in [-0.3, -0.25) is 19.2 Å². The molecule has 2 aromatic carbocycles. The van der Waals surface area contributed by atoms with Crippen LogP contribution in [0.5, 0.6) is 5.75 Å². The molecule has 2 aromatic rings. The highest BCUT2D eigenvalue weighted by molar-refractivity contribution is 5.94. The van der Waals surface area contributed by atoms with Crippen molar-refractivity contribution in [3.05, 3.63) is 65.7 Å². The summed E-state index contributed by atoms with van der Waals surface area (Å²) in [5, 5.41) is 35.2. The Morgan fingerprint density at radius 3 is 1.92 bits per heavy atom. The summed E-state index contributed by atoms with van der Waals surface area (Å²) in [5.74, 6) is -4.84. The quantitative estimate of drug-likeness (QED) is 0.175. The molecule has 0 aliphatic carbocycles. The van der Waals surface area contributed by atoms with E-state index < -0.39 is 60.2 Å². The number of aliphatic carboxylic acids is 2. The van der Waals surface area contributed by atoms with Crippen molar-refractivity contribution in [2.75, 3.05) is 0 Å². The second-order valence-electron chi connectivity index (χ2n) is 8.79. The maximum Gasteiger partial charge on any atom is 0.326 e. The fourth-order valence-corrected chi connectivity index (χ4v) is 3.52. The second kappa shape index (κ2) is 14.3. The Hall–Kier alpha value is -4.45. The number of carbonyl (C=O) groups is 5. The number of rotatable bonds is 14. The van der Waals surface area contributed by atoms with E-state index >= 15 is 0 Å². The van der Waals surface area contributed by atoms with Crippen molar-refractivity contribution in [2.45, 2.75) is 56.8 Å². The van der Waals surface area contributed by atoms with Crippen molar-refractivity contribution >= 4 is 29.7 Å². The minimum atomic E-state index is -1.38. The maximum atomic E-state index is 12.9. The smallest absolute Gasteiger partial charge is 0.326 e. The Morgan fingerprint density at radius 2 is 1.34 bits per heavy atom. The molecule has 38 heavy (non-hydrogen) atoms. The van der Waals surface area contributed by atoms with Crippen LogP contribution in [0.2, 0.25) is 0 Å². The molecule has 0 aliphatic rings. The molecule has 0 spiro atoms. The van der Waals surface area contributed by atoms with E-state index in [0.717, 1.165) is 5.56 Å². The summed E-state index contributed by atoms with van der Waals surface area (Å²) in [6, 6.07) is 9.96. The van der Waals surface area contributed by atoms with Crippen molar-refractivity contribution < 1.29 is 39.3 Å². The first-order valence-corrected chi connectivity index (χ1v) is 11.9. The Balaban J connectivity index is 2.02. The van der Waals surface area contributed by atoms with Gasteiger partial charge in [-0.1, -0.05) is 42.5 Å². The van der Waals surface area contributed by atoms with Crippen molar-refractivity contribution in [3.63, 3.8) is 0 Å². The first-order chi connectivity index (χ1) is 18.0. The topological polar surface area (TPSA) is 208 Å². The lowest BCUT2D eigenvalue weighted by molar-refractivity contribution is -0.143. The molecule has 0 aliphatic heterocycles. The molecule has 0 radical (unpaired) electrons. The van der Waals surface area contributed by atoms with Crippen molar-refractivity contribution in [3.8, 4) is 5.75 Å². The molecule has 0 fully saturated rings. The van der Waals surface area contributed by atoms with Gasteiger partial charge in [-0.25, -0.2) is 4.79 Å². The Morgan fingerprint density at radius 1 is 0.763 bits per heavy atom. The van der Waals surface area contributed by atoms with Gasteiger partial charge in [0.2, 0.25) is 17.7 Å². The van der Waals surface area contributed by atoms with Crippen LogP contribution >= 0.6 is 0 Å². The lowest BCUT2D eigenvalue weighted by Gasteiger charge is -2.23. The SMILES string of the molecule is CC(NC(=O)C(N)Cc1ccccc1)C(=O)NC(CCC(=O)O)C(=O)NC(Cc1ccc(O)cc1)C(=O)O. The zero-order valence-corrected chi connectivity index (χ0v) is 20.8. The molecule has 4 atom stereocenters. The molecule has 0 bridgehead atoms. The fourth-order valence-electron chi connectivity index (χ4n) is 3.52. The molecular formula is C26H32N4O8. The summed E-state index contributed by atoms with van der Waals surface area (Å²) in [4.78, 5) is 60.9. The third-order valence-corrected chi connectivity index (χ3v) is 5.66. The van der Waals surface area contributed by atoms with Crippen LogP contribution in [-0.2, 0) is 36.8 Å². The highest BCUT2D eigenvalue weighted by atomic mass is 16.4. The number of hydrogen-bond acceptors (Lipinski definition) is 7. The Kier molecular flexibility index (Phi) is 11.2. The molecule has 4 unspecified atom stereocenters. The number of benzene rings is 2. The molecule has 0 heterocycles. The van der Waals surface area contributed by atoms with E-state index in [1.54, 1.807) is 24.3 Å². The van der Waals surface area contributed by atoms with E-state index in [0.29, 0.717) is 5.56 Å². The number of hydrogen-bond donors (Lipinski definition) is 7. The van der Waals surface area contributed by atoms with Crippen LogP contribution in [0.3, 0.4) is 0 Å². The zero-order valence-electron chi connectivity index (χ0n) is 20.8. The normalized spacial score (nSPS) is 13.8. The van der Waals surface area contributed by atoms with E-state index in [2.05, 4.69) is 16.0 Å². The third-order valence-electron chi connectivity index (χ3n) is 5.66. The standard InChI is InChI=1S/C26H32N4O8/c1-15(28-24(35)19(27)13-16-5-3-2-4-6-16)23(34)29-20(11-12-22(32)33)25(36)30-21(26(37)38)14-17-7-9-18(31)10-8-17/h2-10,15,19-21,31H,11-14,27H2,1H3,(H,28,35)(H,29,34)(H,30,36)(H,32,33)(H,37,38). The largest absolute Gasteiger partial charge is 0.508 e. The summed E-state index contributed by atoms with van der Waals surface area (Å²) in [6.07, 6.45) is -0.668. The molecule has 12 nitrogen and oxygen atoms in total. The van der Waals surface area contributed by atoms with Crippen LogP contribution in [0.15, 0.2) is 54.6 Å². The van der Waals surface area contributed by atoms with Gasteiger partial charge in [-0.2, -0.15) is 0 Å². The van der Waals surface area contributed by atoms with Crippen LogP contribution in [0.1, 0.15) is 30.9 Å². The minimum Gasteiger partial charge on any atom is -0.508 e. The number of carboxylic acids is 2. The third kappa shape index (κ3) is 9.90. The number of carbonyl (C=O) groups excluding carboxylic acids is 3. The van der Waals surface area contributed by atoms with Crippen molar-refractivity contribution in [2.24, 2.45) is 5.73 Å². The number of phenols is 1. The van der Waals surface area contributed by atoms with Gasteiger partial charge in [0.25, 0.3) is 0 Å². The van der Waals surface area contributed by atoms with Crippen LogP contribution in [0.25, 0.3) is 0 Å². The van der Waals surface area contributed by atoms with Gasteiger partial charge in [0.05, 0.1) is 6.04 Å². The molecular weight excluding hydrogens is 496 g/mol. The van der Waals surface area contributed by atoms with Gasteiger partial charge < -0.3 is 37.0 Å². The van der Waals surface area contributed by atoms with Gasteiger partial charge in [0.15, 0.2) is 0 Å². The van der Waals surface area contributed by atoms with Gasteiger partial charge in [0.1, 0.15) is 23.9 Å². The van der Waals surface area contributed by atoms with Gasteiger partial charge in [0, 0.05) is 12.8 Å². The summed E-state index contributed by atoms with van der Waals surface area (Å²) in [6.45, 7) is 1.37. The minimum absolute atomic E-state index is 0.0108. The number of phenolic OH excluding ortho intramolecular Hbond substituents is 1. The monoisotopic (exact) mass is 528 g/mol. The Labute approximate surface area is 219 Å². The summed E-state index contributed by atoms with van der Waals surface area (Å²) in [7, 11) is 0. The lowest BCUT2D eigenvalue weighted by Crippen LogP contribution is -2.56. The second-order valence-corrected chi connectivity index (χ2v) is 8.79.